The average molecular weight is 281 g/mol. The van der Waals surface area contributed by atoms with Gasteiger partial charge in [0.15, 0.2) is 0 Å². The number of carboxylic acids is 1. The van der Waals surface area contributed by atoms with Gasteiger partial charge in [0.05, 0.1) is 0 Å². The number of hydrogen-bond acceptors (Lipinski definition) is 2. The summed E-state index contributed by atoms with van der Waals surface area (Å²) in [6.07, 6.45) is 1.65. The van der Waals surface area contributed by atoms with E-state index in [1.807, 2.05) is 18.2 Å². The van der Waals surface area contributed by atoms with Crippen LogP contribution in [0.15, 0.2) is 54.6 Å². The zero-order valence-corrected chi connectivity index (χ0v) is 11.8. The number of rotatable bonds is 4. The molecule has 1 aliphatic rings. The fourth-order valence-electron chi connectivity index (χ4n) is 2.95. The van der Waals surface area contributed by atoms with Gasteiger partial charge >= 0.3 is 5.97 Å². The molecular weight excluding hydrogens is 262 g/mol. The molecule has 108 valence electrons. The van der Waals surface area contributed by atoms with Gasteiger partial charge in [-0.15, -0.1) is 0 Å². The van der Waals surface area contributed by atoms with E-state index in [0.29, 0.717) is 5.92 Å². The van der Waals surface area contributed by atoms with Crippen molar-refractivity contribution < 1.29 is 9.90 Å². The molecule has 3 nitrogen and oxygen atoms in total. The zero-order chi connectivity index (χ0) is 14.7. The first-order chi connectivity index (χ1) is 10.2. The Kier molecular flexibility index (Phi) is 4.02. The number of nitrogens with one attached hydrogen (secondary N) is 1. The minimum atomic E-state index is -0.739. The van der Waals surface area contributed by atoms with Crippen LogP contribution in [0.1, 0.15) is 12.0 Å². The molecule has 0 unspecified atom stereocenters. The Hall–Kier alpha value is -2.13. The smallest absolute Gasteiger partial charge is 0.320 e. The maximum atomic E-state index is 10.9. The molecule has 0 bridgehead atoms. The third kappa shape index (κ3) is 3.31. The van der Waals surface area contributed by atoms with Crippen molar-refractivity contribution in [2.45, 2.75) is 18.9 Å². The molecule has 0 aromatic heterocycles. The van der Waals surface area contributed by atoms with Gasteiger partial charge in [0, 0.05) is 0 Å². The summed E-state index contributed by atoms with van der Waals surface area (Å²) >= 11 is 0. The van der Waals surface area contributed by atoms with E-state index in [9.17, 15) is 4.79 Å². The first-order valence-corrected chi connectivity index (χ1v) is 7.33. The summed E-state index contributed by atoms with van der Waals surface area (Å²) in [6.45, 7) is 0.789. The molecule has 0 radical (unpaired) electrons. The fraction of sp³-hybridized carbons (Fsp3) is 0.278. The molecule has 1 aliphatic heterocycles. The lowest BCUT2D eigenvalue weighted by Gasteiger charge is -2.09. The van der Waals surface area contributed by atoms with E-state index in [1.165, 1.54) is 16.7 Å². The lowest BCUT2D eigenvalue weighted by atomic mass is 9.95. The highest BCUT2D eigenvalue weighted by Crippen LogP contribution is 2.23. The van der Waals surface area contributed by atoms with Crippen LogP contribution in [-0.2, 0) is 11.2 Å². The van der Waals surface area contributed by atoms with Crippen LogP contribution in [0.2, 0.25) is 0 Å². The predicted molar refractivity (Wildman–Crippen MR) is 83.1 cm³/mol. The number of hydrogen-bond donors (Lipinski definition) is 2. The summed E-state index contributed by atoms with van der Waals surface area (Å²) < 4.78 is 0. The van der Waals surface area contributed by atoms with Crippen LogP contribution < -0.4 is 5.32 Å². The Morgan fingerprint density at radius 2 is 1.71 bits per heavy atom. The second-order valence-electron chi connectivity index (χ2n) is 5.67. The van der Waals surface area contributed by atoms with Crippen molar-refractivity contribution in [3.8, 4) is 11.1 Å². The van der Waals surface area contributed by atoms with Gasteiger partial charge in [-0.2, -0.15) is 0 Å². The second-order valence-corrected chi connectivity index (χ2v) is 5.67. The molecule has 1 fully saturated rings. The molecule has 2 aromatic carbocycles. The zero-order valence-electron chi connectivity index (χ0n) is 11.8. The summed E-state index contributed by atoms with van der Waals surface area (Å²) in [7, 11) is 0. The standard InChI is InChI=1S/C18H19NO2/c20-18(21)17-11-14(12-19-17)10-13-6-8-16(9-7-13)15-4-2-1-3-5-15/h1-9,14,17,19H,10-12H2,(H,20,21)/t14-,17-/m0/s1. The van der Waals surface area contributed by atoms with E-state index in [2.05, 4.69) is 41.7 Å². The molecule has 0 spiro atoms. The number of carboxylic acid groups (broad SMARTS) is 1. The maximum Gasteiger partial charge on any atom is 0.320 e. The van der Waals surface area contributed by atoms with E-state index >= 15 is 0 Å². The minimum absolute atomic E-state index is 0.376. The Morgan fingerprint density at radius 3 is 2.33 bits per heavy atom. The highest BCUT2D eigenvalue weighted by molar-refractivity contribution is 5.73. The number of aliphatic carboxylic acids is 1. The lowest BCUT2D eigenvalue weighted by Crippen LogP contribution is -2.29. The summed E-state index contributed by atoms with van der Waals surface area (Å²) in [5.41, 5.74) is 3.71. The van der Waals surface area contributed by atoms with Crippen LogP contribution in [0, 0.1) is 5.92 Å². The average Bonchev–Trinajstić information content (AvgIpc) is 2.98. The Balaban J connectivity index is 1.64. The van der Waals surface area contributed by atoms with Gasteiger partial charge in [-0.25, -0.2) is 0 Å². The third-order valence-corrected chi connectivity index (χ3v) is 4.11. The van der Waals surface area contributed by atoms with Crippen LogP contribution in [0.25, 0.3) is 11.1 Å². The van der Waals surface area contributed by atoms with Gasteiger partial charge in [-0.1, -0.05) is 54.6 Å². The Morgan fingerprint density at radius 1 is 1.05 bits per heavy atom. The monoisotopic (exact) mass is 281 g/mol. The summed E-state index contributed by atoms with van der Waals surface area (Å²) in [6, 6.07) is 18.5. The maximum absolute atomic E-state index is 10.9. The molecule has 0 saturated carbocycles. The predicted octanol–water partition coefficient (Wildman–Crippen LogP) is 2.96. The summed E-state index contributed by atoms with van der Waals surface area (Å²) in [5, 5.41) is 12.1. The molecule has 2 N–H and O–H groups in total. The van der Waals surface area contributed by atoms with Crippen molar-refractivity contribution in [1.29, 1.82) is 0 Å². The molecule has 21 heavy (non-hydrogen) atoms. The van der Waals surface area contributed by atoms with Crippen molar-refractivity contribution >= 4 is 5.97 Å². The van der Waals surface area contributed by atoms with Crippen LogP contribution in [0.3, 0.4) is 0 Å². The van der Waals surface area contributed by atoms with Gasteiger partial charge in [0.25, 0.3) is 0 Å². The van der Waals surface area contributed by atoms with Crippen molar-refractivity contribution in [2.75, 3.05) is 6.54 Å². The highest BCUT2D eigenvalue weighted by Gasteiger charge is 2.28. The normalized spacial score (nSPS) is 21.3. The van der Waals surface area contributed by atoms with Gasteiger partial charge in [-0.3, -0.25) is 4.79 Å². The quantitative estimate of drug-likeness (QED) is 0.906. The van der Waals surface area contributed by atoms with Crippen molar-refractivity contribution in [3.05, 3.63) is 60.2 Å². The van der Waals surface area contributed by atoms with Crippen LogP contribution >= 0.6 is 0 Å². The molecule has 1 saturated heterocycles. The van der Waals surface area contributed by atoms with E-state index in [-0.39, 0.29) is 6.04 Å². The first-order valence-electron chi connectivity index (χ1n) is 7.33. The van der Waals surface area contributed by atoms with Crippen molar-refractivity contribution in [3.63, 3.8) is 0 Å². The summed E-state index contributed by atoms with van der Waals surface area (Å²) in [5.74, 6) is -0.328. The summed E-state index contributed by atoms with van der Waals surface area (Å²) in [4.78, 5) is 10.9. The molecule has 1 heterocycles. The molecular formula is C18H19NO2. The van der Waals surface area contributed by atoms with Gasteiger partial charge in [0.2, 0.25) is 0 Å². The van der Waals surface area contributed by atoms with Gasteiger partial charge in [0.1, 0.15) is 6.04 Å². The first kappa shape index (κ1) is 13.8. The molecule has 2 aromatic rings. The topological polar surface area (TPSA) is 49.3 Å². The van der Waals surface area contributed by atoms with Gasteiger partial charge in [-0.05, 0) is 42.0 Å². The van der Waals surface area contributed by atoms with Crippen molar-refractivity contribution in [2.24, 2.45) is 5.92 Å². The fourth-order valence-corrected chi connectivity index (χ4v) is 2.95. The van der Waals surface area contributed by atoms with Crippen LogP contribution in [0.4, 0.5) is 0 Å². The minimum Gasteiger partial charge on any atom is -0.480 e. The molecule has 0 aliphatic carbocycles. The van der Waals surface area contributed by atoms with Gasteiger partial charge < -0.3 is 10.4 Å². The van der Waals surface area contributed by atoms with Crippen LogP contribution in [-0.4, -0.2) is 23.7 Å². The highest BCUT2D eigenvalue weighted by atomic mass is 16.4. The number of benzene rings is 2. The lowest BCUT2D eigenvalue weighted by molar-refractivity contribution is -0.139. The van der Waals surface area contributed by atoms with E-state index < -0.39 is 5.97 Å². The molecule has 0 amide bonds. The van der Waals surface area contributed by atoms with Crippen LogP contribution in [0.5, 0.6) is 0 Å². The molecule has 3 heteroatoms. The second kappa shape index (κ2) is 6.10. The van der Waals surface area contributed by atoms with E-state index in [1.54, 1.807) is 0 Å². The Bertz CT molecular complexity index is 607. The SMILES string of the molecule is O=C(O)[C@@H]1C[C@H](Cc2ccc(-c3ccccc3)cc2)CN1. The third-order valence-electron chi connectivity index (χ3n) is 4.11. The number of carbonyl (C=O) groups is 1. The molecule has 2 atom stereocenters. The van der Waals surface area contributed by atoms with E-state index in [4.69, 9.17) is 5.11 Å². The van der Waals surface area contributed by atoms with Crippen molar-refractivity contribution in [1.82, 2.24) is 5.32 Å². The molecule has 3 rings (SSSR count). The van der Waals surface area contributed by atoms with E-state index in [0.717, 1.165) is 19.4 Å². The Labute approximate surface area is 124 Å². The largest absolute Gasteiger partial charge is 0.480 e.